The summed E-state index contributed by atoms with van der Waals surface area (Å²) in [6, 6.07) is 5.07. The first-order chi connectivity index (χ1) is 5.25. The number of carbonyl (C=O) groups excluding carboxylic acids is 1. The lowest BCUT2D eigenvalue weighted by Gasteiger charge is -2.00. The number of hydrogen-bond acceptors (Lipinski definition) is 2. The predicted molar refractivity (Wildman–Crippen MR) is 41.2 cm³/mol. The van der Waals surface area contributed by atoms with Crippen molar-refractivity contribution in [2.75, 3.05) is 0 Å². The van der Waals surface area contributed by atoms with E-state index < -0.39 is 0 Å². The van der Waals surface area contributed by atoms with Crippen molar-refractivity contribution in [2.45, 2.75) is 13.3 Å². The largest absolute Gasteiger partial charge is 0.284 e. The third-order valence-corrected chi connectivity index (χ3v) is 1.43. The van der Waals surface area contributed by atoms with Gasteiger partial charge < -0.3 is 0 Å². The molecule has 0 aliphatic heterocycles. The van der Waals surface area contributed by atoms with Crippen LogP contribution in [0.2, 0.25) is 0 Å². The standard InChI is InChI=1S/C8H10N2O/c1-2-8(11)10-6-4-3-5-7(10)9/h3-6,9H,2H2,1H3. The Labute approximate surface area is 64.8 Å². The lowest BCUT2D eigenvalue weighted by Crippen LogP contribution is -2.24. The van der Waals surface area contributed by atoms with Crippen molar-refractivity contribution in [2.24, 2.45) is 0 Å². The lowest BCUT2D eigenvalue weighted by molar-refractivity contribution is 0.0903. The van der Waals surface area contributed by atoms with E-state index >= 15 is 0 Å². The van der Waals surface area contributed by atoms with Crippen LogP contribution in [0.25, 0.3) is 0 Å². The Morgan fingerprint density at radius 1 is 1.64 bits per heavy atom. The number of pyridine rings is 1. The van der Waals surface area contributed by atoms with E-state index in [1.54, 1.807) is 31.3 Å². The molecule has 0 radical (unpaired) electrons. The smallest absolute Gasteiger partial charge is 0.231 e. The highest BCUT2D eigenvalue weighted by molar-refractivity contribution is 5.78. The number of rotatable bonds is 1. The van der Waals surface area contributed by atoms with Gasteiger partial charge in [0.25, 0.3) is 0 Å². The minimum Gasteiger partial charge on any atom is -0.284 e. The Kier molecular flexibility index (Phi) is 2.21. The van der Waals surface area contributed by atoms with Gasteiger partial charge in [-0.1, -0.05) is 13.0 Å². The second-order valence-electron chi connectivity index (χ2n) is 2.20. The van der Waals surface area contributed by atoms with E-state index in [4.69, 9.17) is 5.41 Å². The van der Waals surface area contributed by atoms with Gasteiger partial charge in [-0.3, -0.25) is 14.8 Å². The second-order valence-corrected chi connectivity index (χ2v) is 2.20. The molecule has 0 spiro atoms. The van der Waals surface area contributed by atoms with Gasteiger partial charge >= 0.3 is 0 Å². The summed E-state index contributed by atoms with van der Waals surface area (Å²) in [5.74, 6) is -0.0457. The molecule has 1 N–H and O–H groups in total. The van der Waals surface area contributed by atoms with Gasteiger partial charge in [-0.25, -0.2) is 0 Å². The minimum atomic E-state index is -0.0457. The molecule has 1 heterocycles. The summed E-state index contributed by atoms with van der Waals surface area (Å²) in [6.07, 6.45) is 2.04. The lowest BCUT2D eigenvalue weighted by atomic mass is 10.4. The zero-order valence-electron chi connectivity index (χ0n) is 6.37. The fourth-order valence-corrected chi connectivity index (χ4v) is 0.831. The molecular formula is C8H10N2O. The minimum absolute atomic E-state index is 0.0457. The van der Waals surface area contributed by atoms with Gasteiger partial charge in [0.05, 0.1) is 0 Å². The summed E-state index contributed by atoms with van der Waals surface area (Å²) in [5, 5.41) is 7.35. The summed E-state index contributed by atoms with van der Waals surface area (Å²) < 4.78 is 1.33. The Morgan fingerprint density at radius 3 is 2.91 bits per heavy atom. The van der Waals surface area contributed by atoms with Crippen molar-refractivity contribution < 1.29 is 4.79 Å². The van der Waals surface area contributed by atoms with Crippen LogP contribution in [0.1, 0.15) is 18.1 Å². The number of hydrogen-bond donors (Lipinski definition) is 1. The molecule has 0 saturated carbocycles. The Hall–Kier alpha value is -1.38. The maximum absolute atomic E-state index is 11.1. The van der Waals surface area contributed by atoms with Crippen LogP contribution in [0.4, 0.5) is 0 Å². The van der Waals surface area contributed by atoms with Crippen molar-refractivity contribution in [3.8, 4) is 0 Å². The quantitative estimate of drug-likeness (QED) is 0.638. The summed E-state index contributed by atoms with van der Waals surface area (Å²) in [6.45, 7) is 1.78. The normalized spacial score (nSPS) is 9.55. The molecule has 1 aromatic heterocycles. The van der Waals surface area contributed by atoms with Crippen LogP contribution in [-0.4, -0.2) is 10.5 Å². The predicted octanol–water partition coefficient (Wildman–Crippen LogP) is 1.02. The van der Waals surface area contributed by atoms with Crippen molar-refractivity contribution in [3.05, 3.63) is 29.9 Å². The third kappa shape index (κ3) is 1.55. The summed E-state index contributed by atoms with van der Waals surface area (Å²) in [7, 11) is 0. The van der Waals surface area contributed by atoms with E-state index in [-0.39, 0.29) is 11.4 Å². The molecule has 3 nitrogen and oxygen atoms in total. The molecule has 0 unspecified atom stereocenters. The van der Waals surface area contributed by atoms with E-state index in [2.05, 4.69) is 0 Å². The molecule has 0 aromatic carbocycles. The number of nitrogens with zero attached hydrogens (tertiary/aromatic N) is 1. The molecule has 0 bridgehead atoms. The first-order valence-corrected chi connectivity index (χ1v) is 3.51. The Balaban J connectivity index is 3.14. The van der Waals surface area contributed by atoms with Gasteiger partial charge in [-0.15, -0.1) is 0 Å². The molecule has 3 heteroatoms. The number of aromatic nitrogens is 1. The topological polar surface area (TPSA) is 45.9 Å². The average molecular weight is 150 g/mol. The average Bonchev–Trinajstić information content (AvgIpc) is 2.04. The van der Waals surface area contributed by atoms with Crippen LogP contribution in [-0.2, 0) is 0 Å². The van der Waals surface area contributed by atoms with Gasteiger partial charge in [-0.05, 0) is 12.1 Å². The molecule has 0 atom stereocenters. The zero-order valence-corrected chi connectivity index (χ0v) is 6.37. The van der Waals surface area contributed by atoms with Crippen molar-refractivity contribution in [3.63, 3.8) is 0 Å². The van der Waals surface area contributed by atoms with Crippen LogP contribution in [0, 0.1) is 5.41 Å². The molecular weight excluding hydrogens is 140 g/mol. The number of carbonyl (C=O) groups is 1. The molecule has 0 saturated heterocycles. The first-order valence-electron chi connectivity index (χ1n) is 3.51. The summed E-state index contributed by atoms with van der Waals surface area (Å²) >= 11 is 0. The summed E-state index contributed by atoms with van der Waals surface area (Å²) in [5.41, 5.74) is 0.236. The van der Waals surface area contributed by atoms with Crippen LogP contribution in [0.15, 0.2) is 24.4 Å². The van der Waals surface area contributed by atoms with Crippen LogP contribution >= 0.6 is 0 Å². The zero-order chi connectivity index (χ0) is 8.27. The highest BCUT2D eigenvalue weighted by Crippen LogP contribution is 1.85. The van der Waals surface area contributed by atoms with Crippen LogP contribution < -0.4 is 5.49 Å². The van der Waals surface area contributed by atoms with Gasteiger partial charge in [0, 0.05) is 12.6 Å². The highest BCUT2D eigenvalue weighted by atomic mass is 16.1. The Bertz CT molecular complexity index is 314. The molecule has 1 rings (SSSR count). The van der Waals surface area contributed by atoms with Crippen LogP contribution in [0.3, 0.4) is 0 Å². The Morgan fingerprint density at radius 2 is 2.36 bits per heavy atom. The molecule has 58 valence electrons. The summed E-state index contributed by atoms with van der Waals surface area (Å²) in [4.78, 5) is 11.1. The first kappa shape index (κ1) is 7.72. The van der Waals surface area contributed by atoms with Crippen molar-refractivity contribution in [1.82, 2.24) is 4.57 Å². The molecule has 11 heavy (non-hydrogen) atoms. The van der Waals surface area contributed by atoms with Gasteiger partial charge in [0.2, 0.25) is 5.91 Å². The third-order valence-electron chi connectivity index (χ3n) is 1.43. The SMILES string of the molecule is CCC(=O)n1ccccc1=N. The van der Waals surface area contributed by atoms with Crippen molar-refractivity contribution in [1.29, 1.82) is 5.41 Å². The molecule has 1 aromatic rings. The monoisotopic (exact) mass is 150 g/mol. The maximum Gasteiger partial charge on any atom is 0.231 e. The fraction of sp³-hybridized carbons (Fsp3) is 0.250. The van der Waals surface area contributed by atoms with Gasteiger partial charge in [-0.2, -0.15) is 0 Å². The van der Waals surface area contributed by atoms with Gasteiger partial charge in [0.1, 0.15) is 5.49 Å². The highest BCUT2D eigenvalue weighted by Gasteiger charge is 1.98. The second kappa shape index (κ2) is 3.14. The molecule has 0 fully saturated rings. The van der Waals surface area contributed by atoms with E-state index in [0.29, 0.717) is 6.42 Å². The van der Waals surface area contributed by atoms with Crippen molar-refractivity contribution >= 4 is 5.91 Å². The van der Waals surface area contributed by atoms with E-state index in [9.17, 15) is 4.79 Å². The van der Waals surface area contributed by atoms with Crippen LogP contribution in [0.5, 0.6) is 0 Å². The van der Waals surface area contributed by atoms with E-state index in [1.807, 2.05) is 0 Å². The van der Waals surface area contributed by atoms with E-state index in [0.717, 1.165) is 0 Å². The number of nitrogens with one attached hydrogen (secondary N) is 1. The molecule has 0 aliphatic carbocycles. The molecule has 0 amide bonds. The van der Waals surface area contributed by atoms with Gasteiger partial charge in [0.15, 0.2) is 0 Å². The maximum atomic E-state index is 11.1. The molecule has 0 aliphatic rings. The fourth-order valence-electron chi connectivity index (χ4n) is 0.831. The van der Waals surface area contributed by atoms with E-state index in [1.165, 1.54) is 4.57 Å².